The molecule has 6 heteroatoms. The molecule has 0 bridgehead atoms. The number of nitrogens with zero attached hydrogens (tertiary/aromatic N) is 2. The molecule has 1 aliphatic rings. The zero-order chi connectivity index (χ0) is 13.5. The molecule has 0 radical (unpaired) electrons. The molecule has 0 spiro atoms. The van der Waals surface area contributed by atoms with Gasteiger partial charge in [0.05, 0.1) is 24.8 Å². The molecule has 1 saturated heterocycles. The first-order valence-electron chi connectivity index (χ1n) is 6.68. The van der Waals surface area contributed by atoms with Gasteiger partial charge in [0.1, 0.15) is 5.69 Å². The third kappa shape index (κ3) is 4.26. The molecule has 19 heavy (non-hydrogen) atoms. The van der Waals surface area contributed by atoms with Crippen molar-refractivity contribution in [1.82, 2.24) is 9.88 Å². The van der Waals surface area contributed by atoms with E-state index in [-0.39, 0.29) is 12.0 Å². The molecular formula is C13H20N2O3S. The first-order chi connectivity index (χ1) is 9.31. The molecule has 0 unspecified atom stereocenters. The number of rotatable bonds is 6. The summed E-state index contributed by atoms with van der Waals surface area (Å²) in [4.78, 5) is 18.0. The fraction of sp³-hybridized carbons (Fsp3) is 0.692. The lowest BCUT2D eigenvalue weighted by molar-refractivity contribution is -0.0183. The number of likely N-dealkylation sites (tertiary alicyclic amines) is 1. The summed E-state index contributed by atoms with van der Waals surface area (Å²) in [6.07, 6.45) is 2.03. The van der Waals surface area contributed by atoms with Crippen molar-refractivity contribution in [2.75, 3.05) is 32.9 Å². The predicted octanol–water partition coefficient (Wildman–Crippen LogP) is 1.80. The average Bonchev–Trinajstić information content (AvgIpc) is 2.98. The van der Waals surface area contributed by atoms with Gasteiger partial charge < -0.3 is 14.4 Å². The molecule has 0 saturated carbocycles. The largest absolute Gasteiger partial charge is 0.379 e. The Hall–Kier alpha value is -0.980. The molecule has 0 N–H and O–H groups in total. The van der Waals surface area contributed by atoms with Crippen LogP contribution in [0.5, 0.6) is 0 Å². The van der Waals surface area contributed by atoms with Crippen LogP contribution in [0.3, 0.4) is 0 Å². The van der Waals surface area contributed by atoms with E-state index in [2.05, 4.69) is 4.98 Å². The molecule has 1 fully saturated rings. The highest BCUT2D eigenvalue weighted by Crippen LogP contribution is 2.16. The van der Waals surface area contributed by atoms with Crippen LogP contribution in [-0.2, 0) is 9.47 Å². The van der Waals surface area contributed by atoms with Gasteiger partial charge in [-0.3, -0.25) is 4.79 Å². The number of ether oxygens (including phenoxy) is 2. The summed E-state index contributed by atoms with van der Waals surface area (Å²) in [6, 6.07) is 0. The maximum Gasteiger partial charge on any atom is 0.273 e. The number of hydrogen-bond acceptors (Lipinski definition) is 5. The van der Waals surface area contributed by atoms with Gasteiger partial charge in [0.25, 0.3) is 5.91 Å². The van der Waals surface area contributed by atoms with Gasteiger partial charge in [0.2, 0.25) is 0 Å². The minimum atomic E-state index is 0.0361. The first kappa shape index (κ1) is 14.4. The molecule has 0 atom stereocenters. The molecule has 1 aliphatic heterocycles. The van der Waals surface area contributed by atoms with Gasteiger partial charge in [-0.2, -0.15) is 0 Å². The number of carbonyl (C=O) groups is 1. The van der Waals surface area contributed by atoms with Crippen LogP contribution in [0.1, 0.15) is 30.3 Å². The topological polar surface area (TPSA) is 51.7 Å². The van der Waals surface area contributed by atoms with Gasteiger partial charge in [-0.05, 0) is 19.8 Å². The number of carbonyl (C=O) groups excluding carboxylic acids is 1. The van der Waals surface area contributed by atoms with Gasteiger partial charge >= 0.3 is 0 Å². The van der Waals surface area contributed by atoms with E-state index >= 15 is 0 Å². The van der Waals surface area contributed by atoms with Gasteiger partial charge in [-0.25, -0.2) is 4.98 Å². The Balaban J connectivity index is 1.69. The maximum absolute atomic E-state index is 12.1. The molecule has 2 heterocycles. The second-order valence-corrected chi connectivity index (χ2v) is 5.15. The number of aromatic nitrogens is 1. The lowest BCUT2D eigenvalue weighted by Crippen LogP contribution is -2.41. The van der Waals surface area contributed by atoms with Crippen molar-refractivity contribution in [3.63, 3.8) is 0 Å². The van der Waals surface area contributed by atoms with E-state index in [1.807, 2.05) is 11.8 Å². The molecule has 2 rings (SSSR count). The Morgan fingerprint density at radius 2 is 2.26 bits per heavy atom. The van der Waals surface area contributed by atoms with E-state index < -0.39 is 0 Å². The van der Waals surface area contributed by atoms with Crippen molar-refractivity contribution >= 4 is 17.2 Å². The standard InChI is InChI=1S/C13H20N2O3S/c1-2-17-7-8-18-11-3-5-15(6-4-11)13(16)12-9-19-10-14-12/h9-11H,2-8H2,1H3. The monoisotopic (exact) mass is 284 g/mol. The second-order valence-electron chi connectivity index (χ2n) is 4.43. The third-order valence-corrected chi connectivity index (χ3v) is 3.75. The van der Waals surface area contributed by atoms with Crippen molar-refractivity contribution in [2.24, 2.45) is 0 Å². The molecular weight excluding hydrogens is 264 g/mol. The van der Waals surface area contributed by atoms with Gasteiger partial charge in [0, 0.05) is 25.1 Å². The molecule has 5 nitrogen and oxygen atoms in total. The van der Waals surface area contributed by atoms with Crippen molar-refractivity contribution in [3.05, 3.63) is 16.6 Å². The van der Waals surface area contributed by atoms with Crippen LogP contribution in [0.4, 0.5) is 0 Å². The Morgan fingerprint density at radius 1 is 1.47 bits per heavy atom. The van der Waals surface area contributed by atoms with Crippen molar-refractivity contribution in [1.29, 1.82) is 0 Å². The summed E-state index contributed by atoms with van der Waals surface area (Å²) in [5.41, 5.74) is 2.25. The Morgan fingerprint density at radius 3 is 2.89 bits per heavy atom. The summed E-state index contributed by atoms with van der Waals surface area (Å²) in [5.74, 6) is 0.0361. The van der Waals surface area contributed by atoms with E-state index in [0.717, 1.165) is 32.5 Å². The Labute approximate surface area is 117 Å². The van der Waals surface area contributed by atoms with Crippen LogP contribution in [0.25, 0.3) is 0 Å². The highest BCUT2D eigenvalue weighted by Gasteiger charge is 2.24. The molecule has 1 aromatic rings. The van der Waals surface area contributed by atoms with Crippen molar-refractivity contribution < 1.29 is 14.3 Å². The average molecular weight is 284 g/mol. The van der Waals surface area contributed by atoms with Crippen LogP contribution >= 0.6 is 11.3 Å². The zero-order valence-electron chi connectivity index (χ0n) is 11.2. The van der Waals surface area contributed by atoms with E-state index in [1.54, 1.807) is 10.9 Å². The van der Waals surface area contributed by atoms with Crippen molar-refractivity contribution in [3.8, 4) is 0 Å². The normalized spacial score (nSPS) is 16.8. The summed E-state index contributed by atoms with van der Waals surface area (Å²) >= 11 is 1.45. The lowest BCUT2D eigenvalue weighted by atomic mass is 10.1. The molecule has 0 aromatic carbocycles. The number of amides is 1. The zero-order valence-corrected chi connectivity index (χ0v) is 12.0. The fourth-order valence-electron chi connectivity index (χ4n) is 2.12. The first-order valence-corrected chi connectivity index (χ1v) is 7.62. The Bertz CT molecular complexity index is 375. The van der Waals surface area contributed by atoms with Gasteiger partial charge in [-0.15, -0.1) is 11.3 Å². The van der Waals surface area contributed by atoms with Gasteiger partial charge in [-0.1, -0.05) is 0 Å². The van der Waals surface area contributed by atoms with E-state index in [0.29, 0.717) is 18.9 Å². The molecule has 1 aromatic heterocycles. The summed E-state index contributed by atoms with van der Waals surface area (Å²) in [5, 5.41) is 1.80. The second kappa shape index (κ2) is 7.57. The highest BCUT2D eigenvalue weighted by atomic mass is 32.1. The smallest absolute Gasteiger partial charge is 0.273 e. The van der Waals surface area contributed by atoms with Gasteiger partial charge in [0.15, 0.2) is 0 Å². The number of piperidine rings is 1. The molecule has 0 aliphatic carbocycles. The van der Waals surface area contributed by atoms with E-state index in [9.17, 15) is 4.79 Å². The van der Waals surface area contributed by atoms with Crippen LogP contribution in [0, 0.1) is 0 Å². The van der Waals surface area contributed by atoms with Crippen LogP contribution in [0.2, 0.25) is 0 Å². The van der Waals surface area contributed by atoms with Crippen LogP contribution in [0.15, 0.2) is 10.9 Å². The molecule has 106 valence electrons. The minimum Gasteiger partial charge on any atom is -0.379 e. The number of thiazole rings is 1. The predicted molar refractivity (Wildman–Crippen MR) is 73.5 cm³/mol. The number of hydrogen-bond donors (Lipinski definition) is 0. The summed E-state index contributed by atoms with van der Waals surface area (Å²) < 4.78 is 11.0. The Kier molecular flexibility index (Phi) is 5.75. The SMILES string of the molecule is CCOCCOC1CCN(C(=O)c2cscn2)CC1. The molecule has 1 amide bonds. The summed E-state index contributed by atoms with van der Waals surface area (Å²) in [6.45, 7) is 5.48. The van der Waals surface area contributed by atoms with Crippen LogP contribution < -0.4 is 0 Å². The van der Waals surface area contributed by atoms with Crippen LogP contribution in [-0.4, -0.2) is 54.8 Å². The third-order valence-electron chi connectivity index (χ3n) is 3.17. The van der Waals surface area contributed by atoms with E-state index in [4.69, 9.17) is 9.47 Å². The van der Waals surface area contributed by atoms with E-state index in [1.165, 1.54) is 11.3 Å². The van der Waals surface area contributed by atoms with Crippen molar-refractivity contribution in [2.45, 2.75) is 25.9 Å². The quantitative estimate of drug-likeness (QED) is 0.748. The fourth-order valence-corrected chi connectivity index (χ4v) is 2.65. The minimum absolute atomic E-state index is 0.0361. The summed E-state index contributed by atoms with van der Waals surface area (Å²) in [7, 11) is 0. The highest BCUT2D eigenvalue weighted by molar-refractivity contribution is 7.07. The lowest BCUT2D eigenvalue weighted by Gasteiger charge is -2.31. The maximum atomic E-state index is 12.1.